The van der Waals surface area contributed by atoms with Crippen LogP contribution >= 0.6 is 15.9 Å². The molecule has 0 aromatic heterocycles. The van der Waals surface area contributed by atoms with E-state index in [2.05, 4.69) is 21.2 Å². The fraction of sp³-hybridized carbons (Fsp3) is 0.263. The van der Waals surface area contributed by atoms with Gasteiger partial charge < -0.3 is 15.0 Å². The molecule has 0 saturated carbocycles. The Labute approximate surface area is 155 Å². The molecule has 3 rings (SSSR count). The molecule has 1 fully saturated rings. The molecule has 1 N–H and O–H groups in total. The number of rotatable bonds is 4. The molecule has 1 aliphatic heterocycles. The van der Waals surface area contributed by atoms with Crippen LogP contribution in [0.4, 0.5) is 11.4 Å². The van der Waals surface area contributed by atoms with Crippen molar-refractivity contribution in [3.8, 4) is 5.75 Å². The molecule has 0 aliphatic carbocycles. The van der Waals surface area contributed by atoms with E-state index in [-0.39, 0.29) is 24.2 Å². The van der Waals surface area contributed by atoms with Crippen molar-refractivity contribution in [1.82, 2.24) is 0 Å². The summed E-state index contributed by atoms with van der Waals surface area (Å²) in [7, 11) is 1.59. The van der Waals surface area contributed by atoms with Gasteiger partial charge in [0.15, 0.2) is 0 Å². The molecule has 6 heteroatoms. The van der Waals surface area contributed by atoms with Crippen LogP contribution in [0.25, 0.3) is 0 Å². The molecule has 1 aliphatic rings. The number of nitrogens with zero attached hydrogens (tertiary/aromatic N) is 1. The molecule has 25 heavy (non-hydrogen) atoms. The Hall–Kier alpha value is -2.34. The summed E-state index contributed by atoms with van der Waals surface area (Å²) in [5.74, 6) is 0.191. The number of anilines is 2. The van der Waals surface area contributed by atoms with Crippen LogP contribution in [-0.2, 0) is 9.59 Å². The number of nitrogens with one attached hydrogen (secondary N) is 1. The van der Waals surface area contributed by atoms with Gasteiger partial charge in [0.1, 0.15) is 5.75 Å². The maximum atomic E-state index is 12.5. The van der Waals surface area contributed by atoms with E-state index in [1.54, 1.807) is 36.3 Å². The second-order valence-electron chi connectivity index (χ2n) is 6.06. The highest BCUT2D eigenvalue weighted by Gasteiger charge is 2.35. The van der Waals surface area contributed by atoms with Crippen molar-refractivity contribution in [1.29, 1.82) is 0 Å². The van der Waals surface area contributed by atoms with Gasteiger partial charge in [-0.25, -0.2) is 0 Å². The molecule has 0 spiro atoms. The molecule has 2 aromatic carbocycles. The van der Waals surface area contributed by atoms with Gasteiger partial charge in [0, 0.05) is 28.8 Å². The number of benzene rings is 2. The van der Waals surface area contributed by atoms with Gasteiger partial charge in [-0.3, -0.25) is 9.59 Å². The molecular weight excluding hydrogens is 384 g/mol. The van der Waals surface area contributed by atoms with Crippen molar-refractivity contribution >= 4 is 39.1 Å². The zero-order valence-corrected chi connectivity index (χ0v) is 15.7. The van der Waals surface area contributed by atoms with Gasteiger partial charge in [0.2, 0.25) is 11.8 Å². The van der Waals surface area contributed by atoms with Crippen LogP contribution in [0.1, 0.15) is 12.0 Å². The molecule has 1 atom stereocenters. The Morgan fingerprint density at radius 3 is 2.60 bits per heavy atom. The third-order valence-corrected chi connectivity index (χ3v) is 5.20. The summed E-state index contributed by atoms with van der Waals surface area (Å²) in [6.45, 7) is 2.36. The minimum absolute atomic E-state index is 0.0309. The Balaban J connectivity index is 1.68. The van der Waals surface area contributed by atoms with E-state index >= 15 is 0 Å². The molecule has 0 radical (unpaired) electrons. The molecule has 5 nitrogen and oxygen atoms in total. The van der Waals surface area contributed by atoms with Crippen LogP contribution in [0.3, 0.4) is 0 Å². The van der Waals surface area contributed by atoms with E-state index < -0.39 is 0 Å². The molecule has 1 saturated heterocycles. The number of halogens is 1. The molecule has 130 valence electrons. The van der Waals surface area contributed by atoms with Crippen LogP contribution in [0.2, 0.25) is 0 Å². The Kier molecular flexibility index (Phi) is 5.08. The topological polar surface area (TPSA) is 58.6 Å². The van der Waals surface area contributed by atoms with E-state index in [1.165, 1.54) is 0 Å². The highest BCUT2D eigenvalue weighted by molar-refractivity contribution is 9.10. The number of carbonyl (C=O) groups is 2. The number of carbonyl (C=O) groups excluding carboxylic acids is 2. The van der Waals surface area contributed by atoms with Crippen molar-refractivity contribution in [3.05, 3.63) is 52.5 Å². The predicted octanol–water partition coefficient (Wildman–Crippen LogP) is 3.76. The quantitative estimate of drug-likeness (QED) is 0.846. The average Bonchev–Trinajstić information content (AvgIpc) is 3.00. The first-order valence-corrected chi connectivity index (χ1v) is 8.78. The average molecular weight is 403 g/mol. The van der Waals surface area contributed by atoms with Crippen molar-refractivity contribution in [3.63, 3.8) is 0 Å². The Bertz CT molecular complexity index is 805. The Morgan fingerprint density at radius 2 is 1.96 bits per heavy atom. The summed E-state index contributed by atoms with van der Waals surface area (Å²) in [6, 6.07) is 12.9. The van der Waals surface area contributed by atoms with E-state index in [9.17, 15) is 9.59 Å². The highest BCUT2D eigenvalue weighted by Crippen LogP contribution is 2.29. The molecule has 1 unspecified atom stereocenters. The van der Waals surface area contributed by atoms with E-state index in [4.69, 9.17) is 4.74 Å². The van der Waals surface area contributed by atoms with Gasteiger partial charge in [-0.2, -0.15) is 0 Å². The first-order valence-electron chi connectivity index (χ1n) is 7.99. The number of hydrogen-bond donors (Lipinski definition) is 1. The molecule has 2 aromatic rings. The minimum atomic E-state index is -0.362. The van der Waals surface area contributed by atoms with Crippen molar-refractivity contribution in [2.45, 2.75) is 13.3 Å². The van der Waals surface area contributed by atoms with Crippen molar-refractivity contribution in [2.24, 2.45) is 5.92 Å². The number of amides is 2. The number of ether oxygens (including phenoxy) is 1. The summed E-state index contributed by atoms with van der Waals surface area (Å²) < 4.78 is 6.10. The summed E-state index contributed by atoms with van der Waals surface area (Å²) in [6.07, 6.45) is 0.219. The molecule has 0 bridgehead atoms. The van der Waals surface area contributed by atoms with Gasteiger partial charge >= 0.3 is 0 Å². The monoisotopic (exact) mass is 402 g/mol. The molecule has 1 heterocycles. The lowest BCUT2D eigenvalue weighted by atomic mass is 10.1. The van der Waals surface area contributed by atoms with Crippen LogP contribution in [0.5, 0.6) is 5.75 Å². The van der Waals surface area contributed by atoms with Crippen LogP contribution < -0.4 is 15.0 Å². The summed E-state index contributed by atoms with van der Waals surface area (Å²) >= 11 is 3.46. The van der Waals surface area contributed by atoms with Gasteiger partial charge in [-0.05, 0) is 55.0 Å². The summed E-state index contributed by atoms with van der Waals surface area (Å²) in [5, 5.41) is 2.87. The summed E-state index contributed by atoms with van der Waals surface area (Å²) in [5.41, 5.74) is 2.57. The van der Waals surface area contributed by atoms with E-state index in [0.29, 0.717) is 12.2 Å². The third-order valence-electron chi connectivity index (χ3n) is 4.31. The lowest BCUT2D eigenvalue weighted by Crippen LogP contribution is -2.28. The second kappa shape index (κ2) is 7.27. The van der Waals surface area contributed by atoms with Crippen LogP contribution in [0, 0.1) is 12.8 Å². The van der Waals surface area contributed by atoms with Crippen molar-refractivity contribution in [2.75, 3.05) is 23.9 Å². The van der Waals surface area contributed by atoms with E-state index in [1.807, 2.05) is 25.1 Å². The smallest absolute Gasteiger partial charge is 0.229 e. The SMILES string of the molecule is COc1ccc(NC(=O)C2CC(=O)N(c3ccc(Br)c(C)c3)C2)cc1. The fourth-order valence-corrected chi connectivity index (χ4v) is 3.09. The van der Waals surface area contributed by atoms with Gasteiger partial charge in [0.25, 0.3) is 0 Å². The summed E-state index contributed by atoms with van der Waals surface area (Å²) in [4.78, 5) is 26.5. The second-order valence-corrected chi connectivity index (χ2v) is 6.91. The minimum Gasteiger partial charge on any atom is -0.497 e. The number of hydrogen-bond acceptors (Lipinski definition) is 3. The first-order chi connectivity index (χ1) is 12.0. The van der Waals surface area contributed by atoms with Crippen molar-refractivity contribution < 1.29 is 14.3 Å². The van der Waals surface area contributed by atoms with Gasteiger partial charge in [-0.15, -0.1) is 0 Å². The fourth-order valence-electron chi connectivity index (χ4n) is 2.85. The molecule has 2 amide bonds. The normalized spacial score (nSPS) is 16.8. The van der Waals surface area contributed by atoms with Crippen LogP contribution in [0.15, 0.2) is 46.9 Å². The number of aryl methyl sites for hydroxylation is 1. The van der Waals surface area contributed by atoms with Gasteiger partial charge in [-0.1, -0.05) is 15.9 Å². The Morgan fingerprint density at radius 1 is 1.24 bits per heavy atom. The maximum absolute atomic E-state index is 12.5. The zero-order valence-electron chi connectivity index (χ0n) is 14.1. The lowest BCUT2D eigenvalue weighted by molar-refractivity contribution is -0.122. The van der Waals surface area contributed by atoms with Gasteiger partial charge in [0.05, 0.1) is 13.0 Å². The van der Waals surface area contributed by atoms with Crippen LogP contribution in [-0.4, -0.2) is 25.5 Å². The first kappa shape index (κ1) is 17.5. The third kappa shape index (κ3) is 3.85. The zero-order chi connectivity index (χ0) is 18.0. The largest absolute Gasteiger partial charge is 0.497 e. The van der Waals surface area contributed by atoms with E-state index in [0.717, 1.165) is 21.5 Å². The lowest BCUT2D eigenvalue weighted by Gasteiger charge is -2.17. The molecular formula is C19H19BrN2O3. The predicted molar refractivity (Wildman–Crippen MR) is 101 cm³/mol. The number of methoxy groups -OCH3 is 1. The highest BCUT2D eigenvalue weighted by atomic mass is 79.9. The standard InChI is InChI=1S/C19H19BrN2O3/c1-12-9-15(5-8-17(12)20)22-11-13(10-18(22)23)19(24)21-14-3-6-16(25-2)7-4-14/h3-9,13H,10-11H2,1-2H3,(H,21,24). The maximum Gasteiger partial charge on any atom is 0.229 e.